The van der Waals surface area contributed by atoms with Crippen LogP contribution in [0.1, 0.15) is 37.2 Å². The number of likely N-dealkylation sites (tertiary alicyclic amines) is 1. The smallest absolute Gasteiger partial charge is 0.408 e. The highest BCUT2D eigenvalue weighted by atomic mass is 16.4. The van der Waals surface area contributed by atoms with E-state index in [9.17, 15) is 4.79 Å². The van der Waals surface area contributed by atoms with E-state index in [1.54, 1.807) is 4.57 Å². The molecule has 26 heavy (non-hydrogen) atoms. The maximum Gasteiger partial charge on any atom is 0.419 e. The number of unbranched alkanes of at least 4 members (excludes halogenated alkanes) is 1. The highest BCUT2D eigenvalue weighted by Gasteiger charge is 2.19. The second kappa shape index (κ2) is 7.92. The van der Waals surface area contributed by atoms with E-state index in [-0.39, 0.29) is 5.76 Å². The first-order valence-corrected chi connectivity index (χ1v) is 9.67. The molecular formula is C22H26N2O2. The zero-order valence-corrected chi connectivity index (χ0v) is 15.1. The van der Waals surface area contributed by atoms with Gasteiger partial charge in [0.15, 0.2) is 5.58 Å². The second-order valence-electron chi connectivity index (χ2n) is 7.22. The number of hydrogen-bond donors (Lipinski definition) is 0. The lowest BCUT2D eigenvalue weighted by molar-refractivity contribution is 0.207. The Morgan fingerprint density at radius 2 is 1.58 bits per heavy atom. The van der Waals surface area contributed by atoms with Gasteiger partial charge in [-0.3, -0.25) is 4.57 Å². The van der Waals surface area contributed by atoms with Crippen LogP contribution >= 0.6 is 0 Å². The van der Waals surface area contributed by atoms with Gasteiger partial charge in [-0.25, -0.2) is 4.79 Å². The Kier molecular flexibility index (Phi) is 5.21. The normalized spacial score (nSPS) is 16.3. The second-order valence-corrected chi connectivity index (χ2v) is 7.22. The molecule has 4 heteroatoms. The van der Waals surface area contributed by atoms with Crippen LogP contribution < -0.4 is 5.76 Å². The van der Waals surface area contributed by atoms with Crippen LogP contribution in [-0.4, -0.2) is 29.1 Å². The minimum absolute atomic E-state index is 0.241. The summed E-state index contributed by atoms with van der Waals surface area (Å²) < 4.78 is 7.06. The summed E-state index contributed by atoms with van der Waals surface area (Å²) in [4.78, 5) is 14.6. The molecule has 4 nitrogen and oxygen atoms in total. The van der Waals surface area contributed by atoms with Gasteiger partial charge in [0.2, 0.25) is 0 Å². The number of para-hydroxylation sites is 2. The molecule has 0 unspecified atom stereocenters. The summed E-state index contributed by atoms with van der Waals surface area (Å²) in [6, 6.07) is 18.5. The van der Waals surface area contributed by atoms with Crippen LogP contribution in [0.2, 0.25) is 0 Å². The summed E-state index contributed by atoms with van der Waals surface area (Å²) in [6.07, 6.45) is 4.61. The van der Waals surface area contributed by atoms with Gasteiger partial charge in [-0.15, -0.1) is 0 Å². The zero-order chi connectivity index (χ0) is 17.8. The molecule has 2 heterocycles. The molecule has 1 aliphatic heterocycles. The maximum absolute atomic E-state index is 12.0. The minimum Gasteiger partial charge on any atom is -0.408 e. The van der Waals surface area contributed by atoms with E-state index in [2.05, 4.69) is 35.2 Å². The van der Waals surface area contributed by atoms with Gasteiger partial charge >= 0.3 is 5.76 Å². The number of rotatable bonds is 6. The van der Waals surface area contributed by atoms with Gasteiger partial charge in [-0.2, -0.15) is 0 Å². The Morgan fingerprint density at radius 3 is 2.38 bits per heavy atom. The lowest BCUT2D eigenvalue weighted by Gasteiger charge is -2.32. The molecule has 1 aliphatic rings. The standard InChI is InChI=1S/C22H26N2O2/c25-22-24(20-10-4-5-11-21(20)26-22)15-7-6-14-23-16-12-19(13-17-23)18-8-2-1-3-9-18/h1-5,8-11,19H,6-7,12-17H2. The van der Waals surface area contributed by atoms with Crippen LogP contribution in [-0.2, 0) is 6.54 Å². The summed E-state index contributed by atoms with van der Waals surface area (Å²) in [5, 5.41) is 0. The van der Waals surface area contributed by atoms with Gasteiger partial charge in [0, 0.05) is 6.54 Å². The average Bonchev–Trinajstić information content (AvgIpc) is 3.01. The topological polar surface area (TPSA) is 38.4 Å². The number of hydrogen-bond acceptors (Lipinski definition) is 3. The molecule has 1 aromatic heterocycles. The third-order valence-electron chi connectivity index (χ3n) is 5.54. The lowest BCUT2D eigenvalue weighted by Crippen LogP contribution is -2.33. The molecule has 3 aromatic rings. The predicted molar refractivity (Wildman–Crippen MR) is 105 cm³/mol. The quantitative estimate of drug-likeness (QED) is 0.624. The van der Waals surface area contributed by atoms with Gasteiger partial charge in [0.05, 0.1) is 5.52 Å². The fourth-order valence-electron chi connectivity index (χ4n) is 4.05. The van der Waals surface area contributed by atoms with Gasteiger partial charge in [0.25, 0.3) is 0 Å². The van der Waals surface area contributed by atoms with Crippen molar-refractivity contribution in [1.29, 1.82) is 0 Å². The Hall–Kier alpha value is -2.33. The van der Waals surface area contributed by atoms with E-state index >= 15 is 0 Å². The van der Waals surface area contributed by atoms with Crippen LogP contribution in [0.4, 0.5) is 0 Å². The number of fused-ring (bicyclic) bond motifs is 1. The van der Waals surface area contributed by atoms with Crippen molar-refractivity contribution >= 4 is 11.1 Å². The number of aromatic nitrogens is 1. The minimum atomic E-state index is -0.241. The largest absolute Gasteiger partial charge is 0.419 e. The van der Waals surface area contributed by atoms with Crippen LogP contribution in [0, 0.1) is 0 Å². The molecule has 0 atom stereocenters. The lowest BCUT2D eigenvalue weighted by atomic mass is 9.89. The van der Waals surface area contributed by atoms with E-state index in [0.29, 0.717) is 11.5 Å². The molecular weight excluding hydrogens is 324 g/mol. The van der Waals surface area contributed by atoms with Crippen molar-refractivity contribution < 1.29 is 4.42 Å². The van der Waals surface area contributed by atoms with E-state index in [4.69, 9.17) is 4.42 Å². The fraction of sp³-hybridized carbons (Fsp3) is 0.409. The number of oxazole rings is 1. The highest BCUT2D eigenvalue weighted by molar-refractivity contribution is 5.72. The van der Waals surface area contributed by atoms with E-state index in [1.807, 2.05) is 24.3 Å². The predicted octanol–water partition coefficient (Wildman–Crippen LogP) is 4.25. The number of benzene rings is 2. The number of nitrogens with zero attached hydrogens (tertiary/aromatic N) is 2. The van der Waals surface area contributed by atoms with Crippen molar-refractivity contribution in [3.63, 3.8) is 0 Å². The molecule has 2 aromatic carbocycles. The average molecular weight is 350 g/mol. The van der Waals surface area contributed by atoms with Gasteiger partial charge < -0.3 is 9.32 Å². The first kappa shape index (κ1) is 17.1. The third-order valence-corrected chi connectivity index (χ3v) is 5.54. The number of piperidine rings is 1. The van der Waals surface area contributed by atoms with Crippen LogP contribution in [0.3, 0.4) is 0 Å². The summed E-state index contributed by atoms with van der Waals surface area (Å²) >= 11 is 0. The molecule has 0 spiro atoms. The Morgan fingerprint density at radius 1 is 0.885 bits per heavy atom. The zero-order valence-electron chi connectivity index (χ0n) is 15.1. The van der Waals surface area contributed by atoms with Crippen molar-refractivity contribution in [2.24, 2.45) is 0 Å². The fourth-order valence-corrected chi connectivity index (χ4v) is 4.05. The molecule has 0 saturated carbocycles. The SMILES string of the molecule is O=c1oc2ccccc2n1CCCCN1CCC(c2ccccc2)CC1. The van der Waals surface area contributed by atoms with Gasteiger partial charge in [0.1, 0.15) is 0 Å². The summed E-state index contributed by atoms with van der Waals surface area (Å²) in [7, 11) is 0. The molecule has 0 amide bonds. The van der Waals surface area contributed by atoms with E-state index < -0.39 is 0 Å². The van der Waals surface area contributed by atoms with E-state index in [1.165, 1.54) is 31.5 Å². The molecule has 0 radical (unpaired) electrons. The Labute approximate surface area is 154 Å². The number of aryl methyl sites for hydroxylation is 1. The molecule has 0 N–H and O–H groups in total. The van der Waals surface area contributed by atoms with Crippen LogP contribution in [0.25, 0.3) is 11.1 Å². The monoisotopic (exact) mass is 350 g/mol. The molecule has 1 saturated heterocycles. The maximum atomic E-state index is 12.0. The summed E-state index contributed by atoms with van der Waals surface area (Å²) in [5.74, 6) is 0.471. The molecule has 1 fully saturated rings. The van der Waals surface area contributed by atoms with Crippen LogP contribution in [0.15, 0.2) is 63.8 Å². The van der Waals surface area contributed by atoms with Crippen molar-refractivity contribution in [3.8, 4) is 0 Å². The molecule has 136 valence electrons. The van der Waals surface area contributed by atoms with Gasteiger partial charge in [-0.05, 0) is 68.9 Å². The first-order valence-electron chi connectivity index (χ1n) is 9.67. The van der Waals surface area contributed by atoms with Crippen molar-refractivity contribution in [1.82, 2.24) is 9.47 Å². The van der Waals surface area contributed by atoms with Crippen LogP contribution in [0.5, 0.6) is 0 Å². The summed E-state index contributed by atoms with van der Waals surface area (Å²) in [5.41, 5.74) is 3.07. The Balaban J connectivity index is 1.23. The third kappa shape index (κ3) is 3.75. The molecule has 0 bridgehead atoms. The highest BCUT2D eigenvalue weighted by Crippen LogP contribution is 2.27. The molecule has 4 rings (SSSR count). The Bertz CT molecular complexity index is 889. The molecule has 0 aliphatic carbocycles. The summed E-state index contributed by atoms with van der Waals surface area (Å²) in [6.45, 7) is 4.20. The van der Waals surface area contributed by atoms with Crippen molar-refractivity contribution in [2.75, 3.05) is 19.6 Å². The van der Waals surface area contributed by atoms with Crippen molar-refractivity contribution in [3.05, 3.63) is 70.7 Å². The van der Waals surface area contributed by atoms with Crippen molar-refractivity contribution in [2.45, 2.75) is 38.1 Å². The van der Waals surface area contributed by atoms with Gasteiger partial charge in [-0.1, -0.05) is 42.5 Å². The van der Waals surface area contributed by atoms with E-state index in [0.717, 1.165) is 31.4 Å². The first-order chi connectivity index (χ1) is 12.8.